The topological polar surface area (TPSA) is 64.1 Å². The van der Waals surface area contributed by atoms with Crippen molar-refractivity contribution in [2.45, 2.75) is 13.0 Å². The number of benzene rings is 2. The molecule has 0 amide bonds. The Morgan fingerprint density at radius 3 is 2.69 bits per heavy atom. The van der Waals surface area contributed by atoms with Gasteiger partial charge in [-0.1, -0.05) is 6.07 Å². The number of anilines is 1. The molecule has 6 nitrogen and oxygen atoms in total. The van der Waals surface area contributed by atoms with Gasteiger partial charge in [-0.25, -0.2) is 4.39 Å². The van der Waals surface area contributed by atoms with Gasteiger partial charge in [-0.3, -0.25) is 4.99 Å². The SMILES string of the molecule is CN=C(NCc1ccc(OC)c(F)c1)Nc1ccc2c(c1)OCCCO2. The van der Waals surface area contributed by atoms with E-state index in [-0.39, 0.29) is 5.75 Å². The van der Waals surface area contributed by atoms with Crippen LogP contribution in [-0.2, 0) is 6.54 Å². The van der Waals surface area contributed by atoms with E-state index in [1.165, 1.54) is 13.2 Å². The van der Waals surface area contributed by atoms with Gasteiger partial charge in [0.05, 0.1) is 20.3 Å². The Morgan fingerprint density at radius 2 is 1.96 bits per heavy atom. The van der Waals surface area contributed by atoms with Gasteiger partial charge >= 0.3 is 0 Å². The minimum atomic E-state index is -0.391. The average Bonchev–Trinajstić information content (AvgIpc) is 2.90. The van der Waals surface area contributed by atoms with Crippen LogP contribution in [0.25, 0.3) is 0 Å². The van der Waals surface area contributed by atoms with E-state index < -0.39 is 5.82 Å². The number of halogens is 1. The van der Waals surface area contributed by atoms with Crippen LogP contribution in [0.1, 0.15) is 12.0 Å². The molecule has 26 heavy (non-hydrogen) atoms. The molecule has 0 fully saturated rings. The summed E-state index contributed by atoms with van der Waals surface area (Å²) in [7, 11) is 3.12. The molecular formula is C19H22FN3O3. The van der Waals surface area contributed by atoms with Crippen LogP contribution in [0.4, 0.5) is 10.1 Å². The van der Waals surface area contributed by atoms with Gasteiger partial charge in [-0.2, -0.15) is 0 Å². The molecular weight excluding hydrogens is 337 g/mol. The number of aliphatic imine (C=N–C) groups is 1. The molecule has 2 N–H and O–H groups in total. The van der Waals surface area contributed by atoms with Crippen molar-refractivity contribution >= 4 is 11.6 Å². The monoisotopic (exact) mass is 359 g/mol. The van der Waals surface area contributed by atoms with Crippen LogP contribution in [-0.4, -0.2) is 33.3 Å². The molecule has 0 saturated carbocycles. The maximum atomic E-state index is 13.8. The lowest BCUT2D eigenvalue weighted by Crippen LogP contribution is -2.30. The normalized spacial score (nSPS) is 13.7. The molecule has 0 unspecified atom stereocenters. The van der Waals surface area contributed by atoms with E-state index >= 15 is 0 Å². The minimum Gasteiger partial charge on any atom is -0.494 e. The standard InChI is InChI=1S/C19H22FN3O3/c1-21-19(22-12-13-4-6-16(24-2)15(20)10-13)23-14-5-7-17-18(11-14)26-9-3-8-25-17/h4-7,10-11H,3,8-9,12H2,1-2H3,(H2,21,22,23). The first-order chi connectivity index (χ1) is 12.7. The van der Waals surface area contributed by atoms with Gasteiger partial charge in [0.1, 0.15) is 0 Å². The highest BCUT2D eigenvalue weighted by atomic mass is 19.1. The van der Waals surface area contributed by atoms with Crippen molar-refractivity contribution in [3.05, 3.63) is 47.8 Å². The summed E-state index contributed by atoms with van der Waals surface area (Å²) in [6, 6.07) is 10.5. The Bertz CT molecular complexity index is 796. The number of hydrogen-bond acceptors (Lipinski definition) is 4. The molecule has 1 aliphatic rings. The number of nitrogens with one attached hydrogen (secondary N) is 2. The number of hydrogen-bond donors (Lipinski definition) is 2. The second-order valence-electron chi connectivity index (χ2n) is 5.73. The van der Waals surface area contributed by atoms with E-state index in [9.17, 15) is 4.39 Å². The molecule has 1 heterocycles. The van der Waals surface area contributed by atoms with E-state index in [0.29, 0.717) is 31.5 Å². The number of ether oxygens (including phenoxy) is 3. The third kappa shape index (κ3) is 4.36. The van der Waals surface area contributed by atoms with Crippen molar-refractivity contribution in [3.8, 4) is 17.2 Å². The molecule has 3 rings (SSSR count). The second-order valence-corrected chi connectivity index (χ2v) is 5.73. The number of fused-ring (bicyclic) bond motifs is 1. The fourth-order valence-corrected chi connectivity index (χ4v) is 2.56. The van der Waals surface area contributed by atoms with Crippen molar-refractivity contribution in [2.75, 3.05) is 32.7 Å². The van der Waals surface area contributed by atoms with Crippen molar-refractivity contribution in [1.29, 1.82) is 0 Å². The van der Waals surface area contributed by atoms with Crippen LogP contribution >= 0.6 is 0 Å². The van der Waals surface area contributed by atoms with E-state index in [4.69, 9.17) is 14.2 Å². The molecule has 138 valence electrons. The summed E-state index contributed by atoms with van der Waals surface area (Å²) < 4.78 is 30.0. The zero-order valence-corrected chi connectivity index (χ0v) is 14.8. The fraction of sp³-hybridized carbons (Fsp3) is 0.316. The number of rotatable bonds is 4. The molecule has 0 bridgehead atoms. The highest BCUT2D eigenvalue weighted by molar-refractivity contribution is 5.93. The number of methoxy groups -OCH3 is 1. The van der Waals surface area contributed by atoms with Gasteiger partial charge < -0.3 is 24.8 Å². The molecule has 0 spiro atoms. The predicted molar refractivity (Wildman–Crippen MR) is 98.8 cm³/mol. The van der Waals surface area contributed by atoms with Crippen LogP contribution in [0.2, 0.25) is 0 Å². The maximum Gasteiger partial charge on any atom is 0.195 e. The molecule has 0 radical (unpaired) electrons. The van der Waals surface area contributed by atoms with Gasteiger partial charge in [0, 0.05) is 31.8 Å². The molecule has 7 heteroatoms. The first-order valence-corrected chi connectivity index (χ1v) is 8.39. The molecule has 0 aliphatic carbocycles. The molecule has 2 aromatic rings. The van der Waals surface area contributed by atoms with Crippen molar-refractivity contribution in [3.63, 3.8) is 0 Å². The van der Waals surface area contributed by atoms with Crippen molar-refractivity contribution in [2.24, 2.45) is 4.99 Å². The zero-order valence-electron chi connectivity index (χ0n) is 14.8. The molecule has 0 aromatic heterocycles. The van der Waals surface area contributed by atoms with E-state index in [1.807, 2.05) is 18.2 Å². The zero-order chi connectivity index (χ0) is 18.4. The summed E-state index contributed by atoms with van der Waals surface area (Å²) in [5.41, 5.74) is 1.60. The highest BCUT2D eigenvalue weighted by Crippen LogP contribution is 2.32. The summed E-state index contributed by atoms with van der Waals surface area (Å²) in [4.78, 5) is 4.19. The third-order valence-electron chi connectivity index (χ3n) is 3.91. The summed E-state index contributed by atoms with van der Waals surface area (Å²) >= 11 is 0. The van der Waals surface area contributed by atoms with Gasteiger partial charge in [-0.05, 0) is 29.8 Å². The highest BCUT2D eigenvalue weighted by Gasteiger charge is 2.11. The summed E-state index contributed by atoms with van der Waals surface area (Å²) in [6.07, 6.45) is 0.860. The lowest BCUT2D eigenvalue weighted by molar-refractivity contribution is 0.297. The maximum absolute atomic E-state index is 13.8. The number of guanidine groups is 1. The van der Waals surface area contributed by atoms with Gasteiger partial charge in [-0.15, -0.1) is 0 Å². The molecule has 2 aromatic carbocycles. The summed E-state index contributed by atoms with van der Waals surface area (Å²) in [5.74, 6) is 1.85. The first kappa shape index (κ1) is 17.8. The first-order valence-electron chi connectivity index (χ1n) is 8.39. The smallest absolute Gasteiger partial charge is 0.195 e. The average molecular weight is 359 g/mol. The quantitative estimate of drug-likeness (QED) is 0.648. The second kappa shape index (κ2) is 8.42. The third-order valence-corrected chi connectivity index (χ3v) is 3.91. The van der Waals surface area contributed by atoms with Gasteiger partial charge in [0.25, 0.3) is 0 Å². The largest absolute Gasteiger partial charge is 0.494 e. The lowest BCUT2D eigenvalue weighted by atomic mass is 10.2. The Kier molecular flexibility index (Phi) is 5.78. The van der Waals surface area contributed by atoms with Crippen molar-refractivity contribution < 1.29 is 18.6 Å². The van der Waals surface area contributed by atoms with E-state index in [0.717, 1.165) is 23.4 Å². The van der Waals surface area contributed by atoms with E-state index in [1.54, 1.807) is 19.2 Å². The molecule has 0 atom stereocenters. The van der Waals surface area contributed by atoms with Crippen LogP contribution in [0, 0.1) is 5.82 Å². The van der Waals surface area contributed by atoms with Crippen LogP contribution in [0.5, 0.6) is 17.2 Å². The van der Waals surface area contributed by atoms with E-state index in [2.05, 4.69) is 15.6 Å². The van der Waals surface area contributed by atoms with Crippen LogP contribution < -0.4 is 24.8 Å². The van der Waals surface area contributed by atoms with Gasteiger partial charge in [0.2, 0.25) is 0 Å². The lowest BCUT2D eigenvalue weighted by Gasteiger charge is -2.14. The van der Waals surface area contributed by atoms with Crippen LogP contribution in [0.3, 0.4) is 0 Å². The Balaban J connectivity index is 1.63. The minimum absolute atomic E-state index is 0.225. The van der Waals surface area contributed by atoms with Crippen LogP contribution in [0.15, 0.2) is 41.4 Å². The predicted octanol–water partition coefficient (Wildman–Crippen LogP) is 3.18. The Hall–Kier alpha value is -2.96. The Morgan fingerprint density at radius 1 is 1.15 bits per heavy atom. The molecule has 0 saturated heterocycles. The summed E-state index contributed by atoms with van der Waals surface area (Å²) in [6.45, 7) is 1.71. The van der Waals surface area contributed by atoms with Gasteiger partial charge in [0.15, 0.2) is 29.0 Å². The number of nitrogens with zero attached hydrogens (tertiary/aromatic N) is 1. The Labute approximate surface area is 152 Å². The fourth-order valence-electron chi connectivity index (χ4n) is 2.56. The van der Waals surface area contributed by atoms with Crippen molar-refractivity contribution in [1.82, 2.24) is 5.32 Å². The summed E-state index contributed by atoms with van der Waals surface area (Å²) in [5, 5.41) is 6.34. The molecule has 1 aliphatic heterocycles.